The van der Waals surface area contributed by atoms with Gasteiger partial charge in [0.1, 0.15) is 17.4 Å². The summed E-state index contributed by atoms with van der Waals surface area (Å²) in [5.74, 6) is -3.32. The summed E-state index contributed by atoms with van der Waals surface area (Å²) >= 11 is 0. The molecule has 5 aromatic rings. The molecule has 0 aliphatic heterocycles. The van der Waals surface area contributed by atoms with Gasteiger partial charge in [-0.3, -0.25) is 14.4 Å². The zero-order chi connectivity index (χ0) is 31.1. The van der Waals surface area contributed by atoms with Crippen LogP contribution < -0.4 is 11.1 Å². The maximum Gasteiger partial charge on any atom is 0.258 e. The molecule has 3 aromatic heterocycles. The molecule has 2 N–H and O–H groups in total. The van der Waals surface area contributed by atoms with Crippen LogP contribution in [0.2, 0.25) is 0 Å². The number of pyridine rings is 1. The van der Waals surface area contributed by atoms with Crippen molar-refractivity contribution in [2.24, 2.45) is 0 Å². The number of carbonyl (C=O) groups excluding carboxylic acids is 1. The maximum absolute atomic E-state index is 15.4. The van der Waals surface area contributed by atoms with Crippen molar-refractivity contribution in [2.75, 3.05) is 32.1 Å². The zero-order valence-electron chi connectivity index (χ0n) is 23.7. The quantitative estimate of drug-likeness (QED) is 0.232. The third kappa shape index (κ3) is 6.04. The summed E-state index contributed by atoms with van der Waals surface area (Å²) in [5, 5.41) is 0.401. The van der Waals surface area contributed by atoms with Crippen LogP contribution >= 0.6 is 0 Å². The van der Waals surface area contributed by atoms with Gasteiger partial charge in [0.2, 0.25) is 0 Å². The van der Waals surface area contributed by atoms with Crippen molar-refractivity contribution in [1.29, 1.82) is 0 Å². The number of aromatic amines is 2. The van der Waals surface area contributed by atoms with Crippen molar-refractivity contribution in [1.82, 2.24) is 24.4 Å². The monoisotopic (exact) mass is 609 g/mol. The van der Waals surface area contributed by atoms with Gasteiger partial charge in [0.25, 0.3) is 11.1 Å². The fourth-order valence-electron chi connectivity index (χ4n) is 5.19. The molecule has 0 aliphatic carbocycles. The highest BCUT2D eigenvalue weighted by Crippen LogP contribution is 2.36. The number of carbonyl (C=O) groups is 1. The lowest BCUT2D eigenvalue weighted by Gasteiger charge is -2.14. The van der Waals surface area contributed by atoms with E-state index in [4.69, 9.17) is 0 Å². The Bertz CT molecular complexity index is 2120. The minimum Gasteiger partial charge on any atom is -0.333 e. The Labute approximate surface area is 244 Å². The number of benzene rings is 2. The first kappa shape index (κ1) is 30.0. The molecule has 0 saturated heterocycles. The predicted octanol–water partition coefficient (Wildman–Crippen LogP) is 3.42. The van der Waals surface area contributed by atoms with Gasteiger partial charge in [0.15, 0.2) is 15.6 Å². The molecule has 0 atom stereocenters. The molecule has 3 heterocycles. The van der Waals surface area contributed by atoms with Crippen LogP contribution in [0.25, 0.3) is 32.9 Å². The smallest absolute Gasteiger partial charge is 0.258 e. The van der Waals surface area contributed by atoms with E-state index in [0.29, 0.717) is 18.4 Å². The van der Waals surface area contributed by atoms with Gasteiger partial charge in [-0.05, 0) is 69.9 Å². The second-order valence-electron chi connectivity index (χ2n) is 10.7. The van der Waals surface area contributed by atoms with E-state index in [0.717, 1.165) is 12.4 Å². The molecule has 0 radical (unpaired) electrons. The van der Waals surface area contributed by atoms with E-state index >= 15 is 8.78 Å². The van der Waals surface area contributed by atoms with Crippen molar-refractivity contribution in [3.05, 3.63) is 98.1 Å². The minimum atomic E-state index is -3.90. The summed E-state index contributed by atoms with van der Waals surface area (Å²) in [5.41, 5.74) is -0.631. The second kappa shape index (κ2) is 11.7. The molecule has 5 rings (SSSR count). The van der Waals surface area contributed by atoms with E-state index in [2.05, 4.69) is 15.0 Å². The van der Waals surface area contributed by atoms with Crippen LogP contribution in [-0.2, 0) is 16.4 Å². The van der Waals surface area contributed by atoms with E-state index in [1.54, 1.807) is 20.2 Å². The lowest BCUT2D eigenvalue weighted by atomic mass is 10.0. The van der Waals surface area contributed by atoms with E-state index in [-0.39, 0.29) is 56.7 Å². The van der Waals surface area contributed by atoms with Gasteiger partial charge in [-0.15, -0.1) is 0 Å². The number of halogens is 2. The Morgan fingerprint density at radius 2 is 1.79 bits per heavy atom. The SMILES string of the molecule is Cc1cc2c(-c3ccc[nH]c3=O)c(C(=O)CS(=O)(=O)CCCN(C)C)n(Cc3cc4c(=O)[nH]cnc4cc3F)c2cc1F. The Morgan fingerprint density at radius 3 is 2.51 bits per heavy atom. The first-order chi connectivity index (χ1) is 20.4. The van der Waals surface area contributed by atoms with Gasteiger partial charge in [-0.1, -0.05) is 0 Å². The fourth-order valence-corrected chi connectivity index (χ4v) is 6.44. The molecule has 0 spiro atoms. The molecular formula is C30H29F2N5O5S. The van der Waals surface area contributed by atoms with Gasteiger partial charge in [0, 0.05) is 34.3 Å². The second-order valence-corrected chi connectivity index (χ2v) is 12.9. The number of aryl methyl sites for hydroxylation is 1. The Balaban J connectivity index is 1.76. The molecule has 2 aromatic carbocycles. The largest absolute Gasteiger partial charge is 0.333 e. The fraction of sp³-hybridized carbons (Fsp3) is 0.267. The Morgan fingerprint density at radius 1 is 1.02 bits per heavy atom. The molecular weight excluding hydrogens is 580 g/mol. The number of hydrogen-bond donors (Lipinski definition) is 2. The normalized spacial score (nSPS) is 12.0. The molecule has 0 fully saturated rings. The van der Waals surface area contributed by atoms with E-state index in [1.807, 2.05) is 4.90 Å². The standard InChI is InChI=1S/C30H29F2N5O5S/c1-17-10-21-25(13-22(17)31)37(14-18-11-20-24(12-23(18)32)34-16-35-30(20)40)28(27(21)19-6-4-7-33-29(19)39)26(38)15-43(41,42)9-5-8-36(2)3/h4,6-7,10-13,16H,5,8-9,14-15H2,1-3H3,(H,33,39)(H,34,35,40). The number of hydrogen-bond acceptors (Lipinski definition) is 7. The average molecular weight is 610 g/mol. The highest BCUT2D eigenvalue weighted by molar-refractivity contribution is 7.92. The van der Waals surface area contributed by atoms with Crippen LogP contribution in [0, 0.1) is 18.6 Å². The van der Waals surface area contributed by atoms with Crippen LogP contribution in [0.3, 0.4) is 0 Å². The predicted molar refractivity (Wildman–Crippen MR) is 160 cm³/mol. The van der Waals surface area contributed by atoms with E-state index in [1.165, 1.54) is 42.0 Å². The molecule has 0 saturated carbocycles. The Kier molecular flexibility index (Phi) is 8.12. The Hall–Kier alpha value is -4.49. The summed E-state index contributed by atoms with van der Waals surface area (Å²) < 4.78 is 57.8. The van der Waals surface area contributed by atoms with Crippen LogP contribution in [-0.4, -0.2) is 70.8 Å². The number of fused-ring (bicyclic) bond motifs is 2. The summed E-state index contributed by atoms with van der Waals surface area (Å²) in [6, 6.07) is 8.02. The molecule has 0 aliphatic rings. The number of aromatic nitrogens is 4. The number of ketones is 1. The van der Waals surface area contributed by atoms with Crippen LogP contribution in [0.4, 0.5) is 8.78 Å². The maximum atomic E-state index is 15.4. The number of nitrogens with zero attached hydrogens (tertiary/aromatic N) is 3. The summed E-state index contributed by atoms with van der Waals surface area (Å²) in [6.45, 7) is 1.64. The number of nitrogens with one attached hydrogen (secondary N) is 2. The lowest BCUT2D eigenvalue weighted by Crippen LogP contribution is -2.25. The van der Waals surface area contributed by atoms with E-state index in [9.17, 15) is 22.8 Å². The minimum absolute atomic E-state index is 0.0275. The number of sulfone groups is 1. The highest BCUT2D eigenvalue weighted by atomic mass is 32.2. The lowest BCUT2D eigenvalue weighted by molar-refractivity contribution is 0.101. The molecule has 224 valence electrons. The molecule has 10 nitrogen and oxygen atoms in total. The molecule has 13 heteroatoms. The van der Waals surface area contributed by atoms with Crippen LogP contribution in [0.5, 0.6) is 0 Å². The summed E-state index contributed by atoms with van der Waals surface area (Å²) in [4.78, 5) is 50.2. The highest BCUT2D eigenvalue weighted by Gasteiger charge is 2.29. The van der Waals surface area contributed by atoms with Gasteiger partial charge in [0.05, 0.1) is 40.7 Å². The van der Waals surface area contributed by atoms with E-state index < -0.39 is 44.1 Å². The first-order valence-corrected chi connectivity index (χ1v) is 15.2. The van der Waals surface area contributed by atoms with Crippen LogP contribution in [0.1, 0.15) is 28.0 Å². The van der Waals surface area contributed by atoms with Crippen molar-refractivity contribution < 1.29 is 22.0 Å². The third-order valence-corrected chi connectivity index (χ3v) is 8.86. The van der Waals surface area contributed by atoms with Crippen molar-refractivity contribution in [3.63, 3.8) is 0 Å². The number of Topliss-reactive ketones (excluding diaryl/α,β-unsaturated/α-hetero) is 1. The first-order valence-electron chi connectivity index (χ1n) is 13.4. The van der Waals surface area contributed by atoms with Crippen molar-refractivity contribution in [2.45, 2.75) is 19.9 Å². The van der Waals surface area contributed by atoms with Gasteiger partial charge >= 0.3 is 0 Å². The van der Waals surface area contributed by atoms with Crippen LogP contribution in [0.15, 0.2) is 58.5 Å². The van der Waals surface area contributed by atoms with Gasteiger partial charge in [-0.2, -0.15) is 0 Å². The van der Waals surface area contributed by atoms with Gasteiger partial charge < -0.3 is 19.4 Å². The summed E-state index contributed by atoms with van der Waals surface area (Å²) in [7, 11) is -0.292. The molecule has 0 bridgehead atoms. The number of rotatable bonds is 10. The third-order valence-electron chi connectivity index (χ3n) is 7.24. The topological polar surface area (TPSA) is 138 Å². The average Bonchev–Trinajstić information content (AvgIpc) is 3.22. The van der Waals surface area contributed by atoms with Crippen molar-refractivity contribution in [3.8, 4) is 11.1 Å². The van der Waals surface area contributed by atoms with Gasteiger partial charge in [-0.25, -0.2) is 22.2 Å². The molecule has 0 unspecified atom stereocenters. The summed E-state index contributed by atoms with van der Waals surface area (Å²) in [6.07, 6.45) is 2.85. The number of H-pyrrole nitrogens is 2. The zero-order valence-corrected chi connectivity index (χ0v) is 24.5. The van der Waals surface area contributed by atoms with Crippen molar-refractivity contribution >= 4 is 37.4 Å². The molecule has 43 heavy (non-hydrogen) atoms. The molecule has 0 amide bonds.